The zero-order valence-corrected chi connectivity index (χ0v) is 57.8. The minimum Gasteiger partial charge on any atom is -0.454 e. The van der Waals surface area contributed by atoms with Crippen LogP contribution >= 0.6 is 0 Å². The van der Waals surface area contributed by atoms with Crippen molar-refractivity contribution < 1.29 is 49.3 Å². The van der Waals surface area contributed by atoms with Crippen LogP contribution in [0.5, 0.6) is 0 Å². The zero-order chi connectivity index (χ0) is 64.6. The number of nitrogens with one attached hydrogen (secondary N) is 1. The van der Waals surface area contributed by atoms with Crippen LogP contribution in [0.3, 0.4) is 0 Å². The molecular weight excluding hydrogens is 1110 g/mol. The molecule has 11 heteroatoms. The highest BCUT2D eigenvalue weighted by atomic mass is 16.7. The Bertz CT molecular complexity index is 1730. The summed E-state index contributed by atoms with van der Waals surface area (Å²) in [4.78, 5) is 26.7. The lowest BCUT2D eigenvalue weighted by Gasteiger charge is -2.41. The van der Waals surface area contributed by atoms with Gasteiger partial charge in [-0.25, -0.2) is 0 Å². The number of carbonyl (C=O) groups is 2. The summed E-state index contributed by atoms with van der Waals surface area (Å²) in [7, 11) is 0. The van der Waals surface area contributed by atoms with Crippen molar-refractivity contribution in [3.05, 3.63) is 72.9 Å². The van der Waals surface area contributed by atoms with Crippen molar-refractivity contribution in [2.45, 2.75) is 397 Å². The Kier molecular flexibility index (Phi) is 61.6. The van der Waals surface area contributed by atoms with Crippen LogP contribution in [-0.2, 0) is 23.8 Å². The molecule has 0 spiro atoms. The molecule has 8 unspecified atom stereocenters. The molecule has 1 rings (SSSR count). The van der Waals surface area contributed by atoms with Crippen LogP contribution in [0.15, 0.2) is 72.9 Å². The van der Waals surface area contributed by atoms with Gasteiger partial charge in [-0.05, 0) is 96.3 Å². The van der Waals surface area contributed by atoms with Gasteiger partial charge in [-0.15, -0.1) is 0 Å². The van der Waals surface area contributed by atoms with E-state index in [1.54, 1.807) is 6.08 Å². The number of allylic oxidation sites excluding steroid dienone is 11. The molecule has 1 aliphatic heterocycles. The molecule has 0 bridgehead atoms. The lowest BCUT2D eigenvalue weighted by atomic mass is 9.99. The molecule has 1 fully saturated rings. The van der Waals surface area contributed by atoms with Gasteiger partial charge in [0.05, 0.1) is 25.4 Å². The second-order valence-electron chi connectivity index (χ2n) is 26.0. The van der Waals surface area contributed by atoms with Crippen molar-refractivity contribution in [2.75, 3.05) is 13.2 Å². The van der Waals surface area contributed by atoms with Crippen LogP contribution in [-0.4, -0.2) is 99.6 Å². The first-order valence-corrected chi connectivity index (χ1v) is 37.7. The summed E-state index contributed by atoms with van der Waals surface area (Å²) in [6.45, 7) is 5.79. The van der Waals surface area contributed by atoms with Gasteiger partial charge in [0.1, 0.15) is 24.4 Å². The topological polar surface area (TPSA) is 175 Å². The normalized spacial score (nSPS) is 18.5. The van der Waals surface area contributed by atoms with E-state index in [1.165, 1.54) is 199 Å². The predicted octanol–water partition coefficient (Wildman–Crippen LogP) is 19.9. The molecule has 0 saturated carbocycles. The summed E-state index contributed by atoms with van der Waals surface area (Å²) in [5.74, 6) is -1.20. The van der Waals surface area contributed by atoms with E-state index in [1.807, 2.05) is 6.08 Å². The minimum absolute atomic E-state index is 0.110. The maximum absolute atomic E-state index is 13.5. The Hall–Kier alpha value is -2.90. The summed E-state index contributed by atoms with van der Waals surface area (Å²) >= 11 is 0. The van der Waals surface area contributed by atoms with Crippen molar-refractivity contribution in [1.82, 2.24) is 5.32 Å². The Morgan fingerprint density at radius 1 is 0.438 bits per heavy atom. The SMILES string of the molecule is CCCCC/C=C\C/C=C\C/C=C\C/C=C\CCCCCCCCCC(=O)OC1C(OCC(NC(=O)C(O)CCCCCCCCCCCCCCCCCC/C=C/CCCCCCCC)C(O)/C=C/CCCCCCCCCCC)OC(CO)C(O)C1O. The summed E-state index contributed by atoms with van der Waals surface area (Å²) in [5, 5.41) is 57.3. The molecule has 0 aromatic rings. The van der Waals surface area contributed by atoms with E-state index in [2.05, 4.69) is 86.8 Å². The third-order valence-electron chi connectivity index (χ3n) is 17.6. The van der Waals surface area contributed by atoms with E-state index in [-0.39, 0.29) is 13.0 Å². The number of esters is 1. The van der Waals surface area contributed by atoms with Gasteiger partial charge < -0.3 is 45.1 Å². The number of hydrogen-bond acceptors (Lipinski definition) is 10. The molecule has 11 nitrogen and oxygen atoms in total. The van der Waals surface area contributed by atoms with Crippen molar-refractivity contribution in [3.8, 4) is 0 Å². The van der Waals surface area contributed by atoms with E-state index >= 15 is 0 Å². The average molecular weight is 1250 g/mol. The maximum atomic E-state index is 13.5. The molecular formula is C78H141NO10. The first-order chi connectivity index (χ1) is 43.7. The molecule has 0 aromatic carbocycles. The highest BCUT2D eigenvalue weighted by Crippen LogP contribution is 2.26. The molecule has 6 N–H and O–H groups in total. The van der Waals surface area contributed by atoms with Gasteiger partial charge in [0.2, 0.25) is 5.91 Å². The average Bonchev–Trinajstić information content (AvgIpc) is 1.97. The summed E-state index contributed by atoms with van der Waals surface area (Å²) in [6, 6.07) is -1.03. The fourth-order valence-electron chi connectivity index (χ4n) is 11.6. The fourth-order valence-corrected chi connectivity index (χ4v) is 11.6. The van der Waals surface area contributed by atoms with E-state index in [4.69, 9.17) is 14.2 Å². The molecule has 1 saturated heterocycles. The van der Waals surface area contributed by atoms with Crippen LogP contribution in [0.25, 0.3) is 0 Å². The van der Waals surface area contributed by atoms with Crippen LogP contribution in [0.2, 0.25) is 0 Å². The molecule has 0 aromatic heterocycles. The molecule has 0 aliphatic carbocycles. The first kappa shape index (κ1) is 84.1. The second-order valence-corrected chi connectivity index (χ2v) is 26.0. The minimum atomic E-state index is -1.62. The van der Waals surface area contributed by atoms with Gasteiger partial charge >= 0.3 is 5.97 Å². The van der Waals surface area contributed by atoms with E-state index in [0.29, 0.717) is 19.3 Å². The van der Waals surface area contributed by atoms with Gasteiger partial charge in [0.25, 0.3) is 0 Å². The maximum Gasteiger partial charge on any atom is 0.306 e. The molecule has 89 heavy (non-hydrogen) atoms. The Balaban J connectivity index is 2.52. The van der Waals surface area contributed by atoms with Crippen LogP contribution in [0.4, 0.5) is 0 Å². The predicted molar refractivity (Wildman–Crippen MR) is 375 cm³/mol. The third kappa shape index (κ3) is 52.2. The molecule has 8 atom stereocenters. The molecule has 0 radical (unpaired) electrons. The van der Waals surface area contributed by atoms with Crippen LogP contribution in [0.1, 0.15) is 348 Å². The largest absolute Gasteiger partial charge is 0.454 e. The van der Waals surface area contributed by atoms with Crippen molar-refractivity contribution in [2.24, 2.45) is 0 Å². The molecule has 518 valence electrons. The molecule has 1 heterocycles. The summed E-state index contributed by atoms with van der Waals surface area (Å²) < 4.78 is 17.7. The van der Waals surface area contributed by atoms with Gasteiger partial charge in [-0.2, -0.15) is 0 Å². The standard InChI is InChI=1S/C78H141NO10/c1-4-7-10-13-16-19-22-24-26-28-30-32-34-35-36-38-39-41-43-45-47-50-53-56-59-62-65-71(82)77(86)79-69(70(81)64-61-58-55-52-49-21-18-15-12-9-6-3)68-87-78-76(75(85)74(84)72(67-80)88-78)89-73(83)66-63-60-57-54-51-48-46-44-42-40-37-33-31-29-27-25-23-20-17-14-11-8-5-2/h17,20,24-27,31,33,40,42,61,64,69-72,74-76,78,80-82,84-85H,4-16,18-19,21-23,28-30,32,34-39,41,43-60,62-63,65-68H2,1-3H3,(H,79,86)/b20-17-,26-24+,27-25-,33-31-,42-40-,64-61+. The van der Waals surface area contributed by atoms with E-state index in [9.17, 15) is 35.1 Å². The Morgan fingerprint density at radius 2 is 0.775 bits per heavy atom. The number of unbranched alkanes of at least 4 members (excludes halogenated alkanes) is 41. The summed E-state index contributed by atoms with van der Waals surface area (Å²) in [6.07, 6.45) is 75.2. The highest BCUT2D eigenvalue weighted by molar-refractivity contribution is 5.80. The van der Waals surface area contributed by atoms with Gasteiger partial charge in [0, 0.05) is 6.42 Å². The lowest BCUT2D eigenvalue weighted by Crippen LogP contribution is -2.61. The van der Waals surface area contributed by atoms with Crippen molar-refractivity contribution >= 4 is 11.9 Å². The number of amides is 1. The number of aliphatic hydroxyl groups is 5. The quantitative estimate of drug-likeness (QED) is 0.0195. The highest BCUT2D eigenvalue weighted by Gasteiger charge is 2.47. The van der Waals surface area contributed by atoms with Gasteiger partial charge in [-0.1, -0.05) is 318 Å². The number of ether oxygens (including phenoxy) is 3. The summed E-state index contributed by atoms with van der Waals surface area (Å²) in [5.41, 5.74) is 0. The number of rotatable bonds is 65. The zero-order valence-electron chi connectivity index (χ0n) is 57.8. The van der Waals surface area contributed by atoms with E-state index in [0.717, 1.165) is 103 Å². The number of carbonyl (C=O) groups excluding carboxylic acids is 2. The van der Waals surface area contributed by atoms with Crippen molar-refractivity contribution in [3.63, 3.8) is 0 Å². The third-order valence-corrected chi connectivity index (χ3v) is 17.6. The second kappa shape index (κ2) is 65.2. The lowest BCUT2D eigenvalue weighted by molar-refractivity contribution is -0.305. The fraction of sp³-hybridized carbons (Fsp3) is 0.821. The van der Waals surface area contributed by atoms with Crippen molar-refractivity contribution in [1.29, 1.82) is 0 Å². The first-order valence-electron chi connectivity index (χ1n) is 37.7. The Labute approximate surface area is 547 Å². The Morgan fingerprint density at radius 3 is 1.19 bits per heavy atom. The van der Waals surface area contributed by atoms with Gasteiger partial charge in [-0.3, -0.25) is 9.59 Å². The van der Waals surface area contributed by atoms with E-state index < -0.39 is 67.4 Å². The molecule has 1 aliphatic rings. The van der Waals surface area contributed by atoms with Crippen LogP contribution < -0.4 is 5.32 Å². The van der Waals surface area contributed by atoms with Crippen LogP contribution in [0, 0.1) is 0 Å². The number of aliphatic hydroxyl groups excluding tert-OH is 5. The molecule has 1 amide bonds. The number of hydrogen-bond donors (Lipinski definition) is 6. The van der Waals surface area contributed by atoms with Gasteiger partial charge in [0.15, 0.2) is 12.4 Å². The monoisotopic (exact) mass is 1250 g/mol. The smallest absolute Gasteiger partial charge is 0.306 e.